The van der Waals surface area contributed by atoms with Gasteiger partial charge in [-0.05, 0) is 26.2 Å². The van der Waals surface area contributed by atoms with Gasteiger partial charge < -0.3 is 0 Å². The predicted octanol–water partition coefficient (Wildman–Crippen LogP) is 2.17. The molecule has 0 atom stereocenters. The lowest BCUT2D eigenvalue weighted by atomic mass is 10.2. The van der Waals surface area contributed by atoms with Gasteiger partial charge in [0.25, 0.3) is 0 Å². The van der Waals surface area contributed by atoms with E-state index in [2.05, 4.69) is 16.1 Å². The van der Waals surface area contributed by atoms with Gasteiger partial charge in [0.05, 0.1) is 0 Å². The molecule has 0 unspecified atom stereocenters. The molecule has 0 aromatic carbocycles. The molecule has 0 aromatic rings. The summed E-state index contributed by atoms with van der Waals surface area (Å²) in [6.45, 7) is 2.04. The Morgan fingerprint density at radius 3 is 3.30 bits per heavy atom. The van der Waals surface area contributed by atoms with Gasteiger partial charge in [-0.2, -0.15) is 0 Å². The Morgan fingerprint density at radius 2 is 2.40 bits per heavy atom. The normalized spacial score (nSPS) is 22.3. The van der Waals surface area contributed by atoms with Crippen molar-refractivity contribution in [1.29, 1.82) is 0 Å². The topological polar surface area (TPSA) is 24.7 Å². The first-order valence-corrected chi connectivity index (χ1v) is 3.59. The number of hydrogen-bond donors (Lipinski definition) is 0. The second kappa shape index (κ2) is 3.99. The second-order valence-corrected chi connectivity index (χ2v) is 2.41. The Bertz CT molecular complexity index is 178. The van der Waals surface area contributed by atoms with Crippen molar-refractivity contribution in [3.63, 3.8) is 0 Å². The van der Waals surface area contributed by atoms with Crippen LogP contribution < -0.4 is 0 Å². The molecular formula is C8H12N2. The molecule has 0 saturated heterocycles. The first kappa shape index (κ1) is 7.19. The first-order valence-electron chi connectivity index (χ1n) is 3.59. The van der Waals surface area contributed by atoms with Crippen LogP contribution in [0.4, 0.5) is 0 Å². The van der Waals surface area contributed by atoms with E-state index >= 15 is 0 Å². The highest BCUT2D eigenvalue weighted by molar-refractivity contribution is 5.88. The average Bonchev–Trinajstić information content (AvgIpc) is 2.02. The van der Waals surface area contributed by atoms with Gasteiger partial charge in [0, 0.05) is 11.9 Å². The van der Waals surface area contributed by atoms with Crippen molar-refractivity contribution in [1.82, 2.24) is 0 Å². The van der Waals surface area contributed by atoms with Crippen LogP contribution in [0.5, 0.6) is 0 Å². The Balaban J connectivity index is 2.57. The van der Waals surface area contributed by atoms with Crippen LogP contribution in [0.15, 0.2) is 22.3 Å². The lowest BCUT2D eigenvalue weighted by molar-refractivity contribution is 0.891. The van der Waals surface area contributed by atoms with Crippen molar-refractivity contribution in [2.45, 2.75) is 26.2 Å². The molecule has 0 fully saturated rings. The quantitative estimate of drug-likeness (QED) is 0.487. The molecular weight excluding hydrogens is 124 g/mol. The third-order valence-corrected chi connectivity index (χ3v) is 1.45. The summed E-state index contributed by atoms with van der Waals surface area (Å²) in [6.07, 6.45) is 8.89. The standard InChI is InChI=1S/C8H12N2/c1-8-5-3-2-4-6-9-7-10-8/h4,6-7H,2-3,5H2,1H3/b6-4-,9-7?,10-8?. The molecule has 1 heterocycles. The monoisotopic (exact) mass is 136 g/mol. The molecule has 10 heavy (non-hydrogen) atoms. The van der Waals surface area contributed by atoms with Crippen LogP contribution >= 0.6 is 0 Å². The van der Waals surface area contributed by atoms with E-state index in [1.54, 1.807) is 6.34 Å². The van der Waals surface area contributed by atoms with Crippen molar-refractivity contribution in [2.24, 2.45) is 9.98 Å². The summed E-state index contributed by atoms with van der Waals surface area (Å²) in [7, 11) is 0. The minimum Gasteiger partial charge on any atom is -0.246 e. The highest BCUT2D eigenvalue weighted by Gasteiger charge is 1.90. The van der Waals surface area contributed by atoms with E-state index in [1.807, 2.05) is 13.1 Å². The van der Waals surface area contributed by atoms with Crippen molar-refractivity contribution in [3.8, 4) is 0 Å². The fourth-order valence-corrected chi connectivity index (χ4v) is 0.846. The molecule has 1 rings (SSSR count). The molecule has 2 nitrogen and oxygen atoms in total. The lowest BCUT2D eigenvalue weighted by Gasteiger charge is -1.93. The van der Waals surface area contributed by atoms with Crippen LogP contribution in [-0.2, 0) is 0 Å². The van der Waals surface area contributed by atoms with Crippen LogP contribution in [0, 0.1) is 0 Å². The van der Waals surface area contributed by atoms with Crippen LogP contribution in [0.25, 0.3) is 0 Å². The summed E-state index contributed by atoms with van der Waals surface area (Å²) in [6, 6.07) is 0. The predicted molar refractivity (Wildman–Crippen MR) is 44.6 cm³/mol. The van der Waals surface area contributed by atoms with E-state index in [0.29, 0.717) is 0 Å². The minimum absolute atomic E-state index is 1.09. The molecule has 0 aromatic heterocycles. The smallest absolute Gasteiger partial charge is 0.115 e. The van der Waals surface area contributed by atoms with Crippen molar-refractivity contribution < 1.29 is 0 Å². The summed E-state index contributed by atoms with van der Waals surface area (Å²) in [5, 5.41) is 0. The fraction of sp³-hybridized carbons (Fsp3) is 0.500. The van der Waals surface area contributed by atoms with E-state index in [0.717, 1.165) is 12.8 Å². The molecule has 0 saturated carbocycles. The third-order valence-electron chi connectivity index (χ3n) is 1.45. The average molecular weight is 136 g/mol. The van der Waals surface area contributed by atoms with Crippen LogP contribution in [0.1, 0.15) is 26.2 Å². The Hall–Kier alpha value is -0.920. The molecule has 1 aliphatic heterocycles. The first-order chi connectivity index (χ1) is 4.89. The molecule has 0 radical (unpaired) electrons. The maximum Gasteiger partial charge on any atom is 0.115 e. The van der Waals surface area contributed by atoms with E-state index in [-0.39, 0.29) is 0 Å². The molecule has 0 aliphatic carbocycles. The summed E-state index contributed by atoms with van der Waals surface area (Å²) >= 11 is 0. The van der Waals surface area contributed by atoms with Gasteiger partial charge in [0.15, 0.2) is 0 Å². The van der Waals surface area contributed by atoms with Gasteiger partial charge in [-0.3, -0.25) is 0 Å². The van der Waals surface area contributed by atoms with E-state index in [1.165, 1.54) is 12.1 Å². The van der Waals surface area contributed by atoms with Gasteiger partial charge in [-0.1, -0.05) is 6.08 Å². The van der Waals surface area contributed by atoms with Crippen molar-refractivity contribution in [2.75, 3.05) is 0 Å². The highest BCUT2D eigenvalue weighted by Crippen LogP contribution is 2.00. The van der Waals surface area contributed by atoms with Gasteiger partial charge in [-0.25, -0.2) is 9.98 Å². The Labute approximate surface area is 61.4 Å². The summed E-state index contributed by atoms with van der Waals surface area (Å²) in [5.74, 6) is 0. The third kappa shape index (κ3) is 2.58. The Kier molecular flexibility index (Phi) is 2.87. The molecule has 1 aliphatic rings. The highest BCUT2D eigenvalue weighted by atomic mass is 14.8. The Morgan fingerprint density at radius 1 is 1.50 bits per heavy atom. The van der Waals surface area contributed by atoms with Gasteiger partial charge in [-0.15, -0.1) is 0 Å². The zero-order valence-electron chi connectivity index (χ0n) is 6.25. The molecule has 2 heteroatoms. The number of aliphatic imine (C=N–C) groups is 2. The van der Waals surface area contributed by atoms with Crippen LogP contribution in [0.3, 0.4) is 0 Å². The zero-order chi connectivity index (χ0) is 7.23. The molecule has 0 amide bonds. The van der Waals surface area contributed by atoms with Crippen LogP contribution in [0.2, 0.25) is 0 Å². The van der Waals surface area contributed by atoms with Crippen LogP contribution in [-0.4, -0.2) is 12.1 Å². The van der Waals surface area contributed by atoms with Crippen molar-refractivity contribution in [3.05, 3.63) is 12.3 Å². The van der Waals surface area contributed by atoms with Gasteiger partial charge >= 0.3 is 0 Å². The fourth-order valence-electron chi connectivity index (χ4n) is 0.846. The van der Waals surface area contributed by atoms with Gasteiger partial charge in [0.2, 0.25) is 0 Å². The lowest BCUT2D eigenvalue weighted by Crippen LogP contribution is -1.89. The second-order valence-electron chi connectivity index (χ2n) is 2.41. The SMILES string of the molecule is CC1=NC=N/C=C\CCC1. The maximum atomic E-state index is 4.12. The number of allylic oxidation sites excluding steroid dienone is 1. The summed E-state index contributed by atoms with van der Waals surface area (Å²) in [4.78, 5) is 8.07. The van der Waals surface area contributed by atoms with E-state index in [4.69, 9.17) is 0 Å². The van der Waals surface area contributed by atoms with Crippen molar-refractivity contribution >= 4 is 12.1 Å². The summed E-state index contributed by atoms with van der Waals surface area (Å²) in [5.41, 5.74) is 1.17. The molecule has 0 spiro atoms. The van der Waals surface area contributed by atoms with E-state index < -0.39 is 0 Å². The largest absolute Gasteiger partial charge is 0.246 e. The minimum atomic E-state index is 1.09. The summed E-state index contributed by atoms with van der Waals surface area (Å²) < 4.78 is 0. The molecule has 0 bridgehead atoms. The van der Waals surface area contributed by atoms with Gasteiger partial charge in [0.1, 0.15) is 6.34 Å². The zero-order valence-corrected chi connectivity index (χ0v) is 6.25. The number of rotatable bonds is 0. The van der Waals surface area contributed by atoms with E-state index in [9.17, 15) is 0 Å². The number of hydrogen-bond acceptors (Lipinski definition) is 2. The molecule has 54 valence electrons. The maximum absolute atomic E-state index is 4.12. The molecule has 0 N–H and O–H groups in total. The number of nitrogens with zero attached hydrogens (tertiary/aromatic N) is 2.